The van der Waals surface area contributed by atoms with E-state index in [4.69, 9.17) is 0 Å². The van der Waals surface area contributed by atoms with Crippen LogP contribution in [0.3, 0.4) is 0 Å². The molecule has 0 heteroatoms. The van der Waals surface area contributed by atoms with Gasteiger partial charge < -0.3 is 0 Å². The van der Waals surface area contributed by atoms with E-state index in [-0.39, 0.29) is 0 Å². The zero-order chi connectivity index (χ0) is 15.9. The van der Waals surface area contributed by atoms with E-state index in [0.717, 1.165) is 23.7 Å². The highest BCUT2D eigenvalue weighted by molar-refractivity contribution is 4.86. The van der Waals surface area contributed by atoms with Crippen LogP contribution in [0.5, 0.6) is 0 Å². The first kappa shape index (κ1) is 19.0. The van der Waals surface area contributed by atoms with Gasteiger partial charge in [0.25, 0.3) is 0 Å². The van der Waals surface area contributed by atoms with Gasteiger partial charge in [0.1, 0.15) is 0 Å². The zero-order valence-corrected chi connectivity index (χ0v) is 15.9. The zero-order valence-electron chi connectivity index (χ0n) is 15.9. The van der Waals surface area contributed by atoms with Gasteiger partial charge in [-0.05, 0) is 41.9 Å². The lowest BCUT2D eigenvalue weighted by Gasteiger charge is -2.43. The number of rotatable bonds is 9. The van der Waals surface area contributed by atoms with E-state index in [9.17, 15) is 0 Å². The van der Waals surface area contributed by atoms with Crippen molar-refractivity contribution in [2.75, 3.05) is 0 Å². The maximum atomic E-state index is 2.52. The normalized spacial score (nSPS) is 28.3. The van der Waals surface area contributed by atoms with Crippen molar-refractivity contribution in [3.05, 3.63) is 0 Å². The van der Waals surface area contributed by atoms with Crippen LogP contribution in [0, 0.1) is 29.1 Å². The first-order chi connectivity index (χ1) is 9.86. The third-order valence-corrected chi connectivity index (χ3v) is 6.32. The van der Waals surface area contributed by atoms with E-state index >= 15 is 0 Å². The summed E-state index contributed by atoms with van der Waals surface area (Å²) in [5.41, 5.74) is 0.590. The maximum Gasteiger partial charge on any atom is -0.0323 e. The average Bonchev–Trinajstić information content (AvgIpc) is 2.37. The first-order valence-electron chi connectivity index (χ1n) is 9.86. The lowest BCUT2D eigenvalue weighted by atomic mass is 9.62. The molecule has 0 aromatic carbocycles. The summed E-state index contributed by atoms with van der Waals surface area (Å²) in [4.78, 5) is 0. The Kier molecular flexibility index (Phi) is 8.35. The van der Waals surface area contributed by atoms with Crippen molar-refractivity contribution in [1.29, 1.82) is 0 Å². The predicted octanol–water partition coefficient (Wildman–Crippen LogP) is 7.47. The lowest BCUT2D eigenvalue weighted by Crippen LogP contribution is -2.33. The van der Waals surface area contributed by atoms with Crippen molar-refractivity contribution in [2.24, 2.45) is 29.1 Å². The van der Waals surface area contributed by atoms with E-state index in [0.29, 0.717) is 5.41 Å². The molecule has 0 amide bonds. The fraction of sp³-hybridized carbons (Fsp3) is 1.00. The summed E-state index contributed by atoms with van der Waals surface area (Å²) in [7, 11) is 0. The molecular formula is C21H42. The summed E-state index contributed by atoms with van der Waals surface area (Å²) < 4.78 is 0. The van der Waals surface area contributed by atoms with E-state index in [1.54, 1.807) is 0 Å². The van der Waals surface area contributed by atoms with E-state index in [1.165, 1.54) is 64.2 Å². The Bertz CT molecular complexity index is 265. The smallest absolute Gasteiger partial charge is 0.0323 e. The molecule has 0 radical (unpaired) electrons. The van der Waals surface area contributed by atoms with Crippen LogP contribution in [-0.2, 0) is 0 Å². The largest absolute Gasteiger partial charge is 0.0654 e. The second-order valence-corrected chi connectivity index (χ2v) is 8.97. The van der Waals surface area contributed by atoms with Crippen molar-refractivity contribution >= 4 is 0 Å². The highest BCUT2D eigenvalue weighted by Crippen LogP contribution is 2.46. The molecule has 0 heterocycles. The molecular weight excluding hydrogens is 252 g/mol. The van der Waals surface area contributed by atoms with Crippen molar-refractivity contribution in [3.8, 4) is 0 Å². The van der Waals surface area contributed by atoms with Crippen molar-refractivity contribution in [1.82, 2.24) is 0 Å². The van der Waals surface area contributed by atoms with Crippen molar-refractivity contribution in [2.45, 2.75) is 106 Å². The van der Waals surface area contributed by atoms with Crippen molar-refractivity contribution in [3.63, 3.8) is 0 Å². The van der Waals surface area contributed by atoms with Gasteiger partial charge in [-0.15, -0.1) is 0 Å². The molecule has 1 saturated carbocycles. The molecule has 0 N–H and O–H groups in total. The topological polar surface area (TPSA) is 0 Å². The predicted molar refractivity (Wildman–Crippen MR) is 96.6 cm³/mol. The van der Waals surface area contributed by atoms with Gasteiger partial charge >= 0.3 is 0 Å². The van der Waals surface area contributed by atoms with Crippen LogP contribution in [-0.4, -0.2) is 0 Å². The van der Waals surface area contributed by atoms with Gasteiger partial charge in [0.15, 0.2) is 0 Å². The van der Waals surface area contributed by atoms with E-state index < -0.39 is 0 Å². The van der Waals surface area contributed by atoms with Crippen LogP contribution in [0.15, 0.2) is 0 Å². The summed E-state index contributed by atoms with van der Waals surface area (Å²) >= 11 is 0. The summed E-state index contributed by atoms with van der Waals surface area (Å²) in [5.74, 6) is 3.79. The second kappa shape index (κ2) is 9.21. The Labute approximate surface area is 135 Å². The van der Waals surface area contributed by atoms with Gasteiger partial charge in [-0.25, -0.2) is 0 Å². The Morgan fingerprint density at radius 2 is 1.62 bits per heavy atom. The highest BCUT2D eigenvalue weighted by atomic mass is 14.4. The molecule has 0 aromatic heterocycles. The van der Waals surface area contributed by atoms with Crippen LogP contribution >= 0.6 is 0 Å². The quantitative estimate of drug-likeness (QED) is 0.413. The molecule has 1 aliphatic rings. The van der Waals surface area contributed by atoms with Gasteiger partial charge in [0.2, 0.25) is 0 Å². The summed E-state index contributed by atoms with van der Waals surface area (Å²) in [6, 6.07) is 0. The SMILES string of the molecule is CCCC(C)CCCC(C)CCC1C(C)CCCC1(C)C. The van der Waals surface area contributed by atoms with Gasteiger partial charge in [-0.1, -0.05) is 92.9 Å². The van der Waals surface area contributed by atoms with Crippen LogP contribution in [0.1, 0.15) is 106 Å². The van der Waals surface area contributed by atoms with E-state index in [2.05, 4.69) is 41.5 Å². The molecule has 21 heavy (non-hydrogen) atoms. The maximum absolute atomic E-state index is 2.52. The highest BCUT2D eigenvalue weighted by Gasteiger charge is 2.36. The Balaban J connectivity index is 2.24. The molecule has 126 valence electrons. The third kappa shape index (κ3) is 6.74. The minimum absolute atomic E-state index is 0.590. The molecule has 0 nitrogen and oxygen atoms in total. The summed E-state index contributed by atoms with van der Waals surface area (Å²) in [6.45, 7) is 14.8. The lowest BCUT2D eigenvalue weighted by molar-refractivity contribution is 0.0706. The molecule has 1 rings (SSSR count). The van der Waals surface area contributed by atoms with Gasteiger partial charge in [-0.3, -0.25) is 0 Å². The van der Waals surface area contributed by atoms with Crippen LogP contribution < -0.4 is 0 Å². The van der Waals surface area contributed by atoms with Crippen molar-refractivity contribution < 1.29 is 0 Å². The molecule has 4 atom stereocenters. The molecule has 0 aliphatic heterocycles. The monoisotopic (exact) mass is 294 g/mol. The third-order valence-electron chi connectivity index (χ3n) is 6.32. The number of hydrogen-bond acceptors (Lipinski definition) is 0. The van der Waals surface area contributed by atoms with Gasteiger partial charge in [0.05, 0.1) is 0 Å². The van der Waals surface area contributed by atoms with Crippen LogP contribution in [0.25, 0.3) is 0 Å². The number of hydrogen-bond donors (Lipinski definition) is 0. The van der Waals surface area contributed by atoms with Crippen LogP contribution in [0.4, 0.5) is 0 Å². The molecule has 1 fully saturated rings. The molecule has 0 bridgehead atoms. The fourth-order valence-electron chi connectivity index (χ4n) is 4.77. The minimum atomic E-state index is 0.590. The summed E-state index contributed by atoms with van der Waals surface area (Å²) in [6.07, 6.45) is 14.4. The molecule has 0 aromatic rings. The first-order valence-corrected chi connectivity index (χ1v) is 9.86. The Morgan fingerprint density at radius 1 is 1.00 bits per heavy atom. The molecule has 4 unspecified atom stereocenters. The molecule has 0 saturated heterocycles. The van der Waals surface area contributed by atoms with Gasteiger partial charge in [0, 0.05) is 0 Å². The summed E-state index contributed by atoms with van der Waals surface area (Å²) in [5, 5.41) is 0. The fourth-order valence-corrected chi connectivity index (χ4v) is 4.77. The van der Waals surface area contributed by atoms with Crippen LogP contribution in [0.2, 0.25) is 0 Å². The molecule has 1 aliphatic carbocycles. The second-order valence-electron chi connectivity index (χ2n) is 8.97. The molecule has 0 spiro atoms. The minimum Gasteiger partial charge on any atom is -0.0654 e. The standard InChI is InChI=1S/C21H42/c1-7-10-17(2)11-8-12-18(3)14-15-20-19(4)13-9-16-21(20,5)6/h17-20H,7-16H2,1-6H3. The Hall–Kier alpha value is 0. The Morgan fingerprint density at radius 3 is 2.19 bits per heavy atom. The van der Waals surface area contributed by atoms with Gasteiger partial charge in [-0.2, -0.15) is 0 Å². The van der Waals surface area contributed by atoms with E-state index in [1.807, 2.05) is 0 Å². The average molecular weight is 295 g/mol.